The largest absolute Gasteiger partial charge is 0.381 e. The molecule has 3 rings (SSSR count). The first kappa shape index (κ1) is 13.6. The SMILES string of the molecule is Cc1cccn2cc(Cn3nnc(N)c3C(C)(C)C)nc12. The van der Waals surface area contributed by atoms with Crippen LogP contribution in [0.15, 0.2) is 24.5 Å². The van der Waals surface area contributed by atoms with Crippen molar-refractivity contribution in [3.63, 3.8) is 0 Å². The van der Waals surface area contributed by atoms with Gasteiger partial charge in [-0.1, -0.05) is 32.1 Å². The van der Waals surface area contributed by atoms with Crippen LogP contribution in [0.25, 0.3) is 5.65 Å². The number of imidazole rings is 1. The van der Waals surface area contributed by atoms with Gasteiger partial charge in [-0.25, -0.2) is 9.67 Å². The van der Waals surface area contributed by atoms with Crippen LogP contribution in [0, 0.1) is 6.92 Å². The summed E-state index contributed by atoms with van der Waals surface area (Å²) in [7, 11) is 0. The molecule has 0 saturated carbocycles. The summed E-state index contributed by atoms with van der Waals surface area (Å²) >= 11 is 0. The van der Waals surface area contributed by atoms with E-state index in [2.05, 4.69) is 49.1 Å². The average Bonchev–Trinajstić information content (AvgIpc) is 2.93. The van der Waals surface area contributed by atoms with Crippen LogP contribution in [-0.4, -0.2) is 24.4 Å². The molecule has 0 amide bonds. The monoisotopic (exact) mass is 284 g/mol. The minimum absolute atomic E-state index is 0.108. The number of nitrogens with zero attached hydrogens (tertiary/aromatic N) is 5. The fraction of sp³-hybridized carbons (Fsp3) is 0.400. The van der Waals surface area contributed by atoms with Gasteiger partial charge in [0.25, 0.3) is 0 Å². The Morgan fingerprint density at radius 2 is 2.05 bits per heavy atom. The van der Waals surface area contributed by atoms with E-state index < -0.39 is 0 Å². The third-order valence-electron chi connectivity index (χ3n) is 3.51. The van der Waals surface area contributed by atoms with Crippen molar-refractivity contribution in [3.8, 4) is 0 Å². The molecule has 110 valence electrons. The van der Waals surface area contributed by atoms with Gasteiger partial charge in [-0.2, -0.15) is 0 Å². The van der Waals surface area contributed by atoms with Gasteiger partial charge in [-0.3, -0.25) is 0 Å². The summed E-state index contributed by atoms with van der Waals surface area (Å²) in [4.78, 5) is 4.67. The number of fused-ring (bicyclic) bond motifs is 1. The van der Waals surface area contributed by atoms with Crippen molar-refractivity contribution in [3.05, 3.63) is 41.5 Å². The van der Waals surface area contributed by atoms with Gasteiger partial charge in [0.2, 0.25) is 0 Å². The second-order valence-electron chi connectivity index (χ2n) is 6.39. The van der Waals surface area contributed by atoms with Crippen molar-refractivity contribution in [2.24, 2.45) is 0 Å². The fourth-order valence-electron chi connectivity index (χ4n) is 2.64. The summed E-state index contributed by atoms with van der Waals surface area (Å²) in [5.74, 6) is 0.488. The molecule has 0 unspecified atom stereocenters. The smallest absolute Gasteiger partial charge is 0.169 e. The molecule has 0 atom stereocenters. The number of nitrogens with two attached hydrogens (primary N) is 1. The zero-order valence-electron chi connectivity index (χ0n) is 12.8. The Morgan fingerprint density at radius 3 is 2.71 bits per heavy atom. The zero-order chi connectivity index (χ0) is 15.2. The van der Waals surface area contributed by atoms with E-state index in [9.17, 15) is 0 Å². The van der Waals surface area contributed by atoms with Crippen LogP contribution in [0.3, 0.4) is 0 Å². The Balaban J connectivity index is 2.02. The number of pyridine rings is 1. The van der Waals surface area contributed by atoms with Crippen LogP contribution in [-0.2, 0) is 12.0 Å². The standard InChI is InChI=1S/C15H20N6/c1-10-6-5-7-20-8-11(17-14(10)20)9-21-12(15(2,3)4)13(16)18-19-21/h5-8H,9,16H2,1-4H3. The Morgan fingerprint density at radius 1 is 1.29 bits per heavy atom. The molecule has 3 heterocycles. The first-order valence-electron chi connectivity index (χ1n) is 6.99. The van der Waals surface area contributed by atoms with Crippen LogP contribution in [0.2, 0.25) is 0 Å². The maximum Gasteiger partial charge on any atom is 0.169 e. The zero-order valence-corrected chi connectivity index (χ0v) is 12.8. The van der Waals surface area contributed by atoms with E-state index in [1.165, 1.54) is 0 Å². The first-order valence-corrected chi connectivity index (χ1v) is 6.99. The van der Waals surface area contributed by atoms with Gasteiger partial charge in [0.1, 0.15) is 5.65 Å². The van der Waals surface area contributed by atoms with E-state index in [1.807, 2.05) is 27.5 Å². The topological polar surface area (TPSA) is 74.0 Å². The molecule has 0 aliphatic rings. The van der Waals surface area contributed by atoms with Gasteiger partial charge in [0.05, 0.1) is 17.9 Å². The van der Waals surface area contributed by atoms with Gasteiger partial charge in [0.15, 0.2) is 5.82 Å². The molecule has 0 aromatic carbocycles. The number of aryl methyl sites for hydroxylation is 1. The second-order valence-corrected chi connectivity index (χ2v) is 6.39. The molecule has 0 fully saturated rings. The lowest BCUT2D eigenvalue weighted by Gasteiger charge is -2.19. The highest BCUT2D eigenvalue weighted by Gasteiger charge is 2.24. The van der Waals surface area contributed by atoms with Crippen LogP contribution in [0.4, 0.5) is 5.82 Å². The van der Waals surface area contributed by atoms with E-state index in [0.717, 1.165) is 22.6 Å². The molecule has 0 aliphatic carbocycles. The van der Waals surface area contributed by atoms with Gasteiger partial charge in [0, 0.05) is 17.8 Å². The molecule has 6 heteroatoms. The molecule has 2 N–H and O–H groups in total. The molecular formula is C15H20N6. The quantitative estimate of drug-likeness (QED) is 0.782. The number of hydrogen-bond donors (Lipinski definition) is 1. The van der Waals surface area contributed by atoms with E-state index in [1.54, 1.807) is 0 Å². The van der Waals surface area contributed by atoms with Crippen molar-refractivity contribution >= 4 is 11.5 Å². The fourth-order valence-corrected chi connectivity index (χ4v) is 2.64. The summed E-state index contributed by atoms with van der Waals surface area (Å²) in [5.41, 5.74) is 9.86. The number of nitrogen functional groups attached to an aromatic ring is 1. The maximum atomic E-state index is 5.96. The molecule has 3 aromatic rings. The lowest BCUT2D eigenvalue weighted by atomic mass is 9.92. The van der Waals surface area contributed by atoms with E-state index >= 15 is 0 Å². The van der Waals surface area contributed by atoms with E-state index in [4.69, 9.17) is 5.73 Å². The molecule has 0 aliphatic heterocycles. The molecule has 21 heavy (non-hydrogen) atoms. The van der Waals surface area contributed by atoms with Crippen molar-refractivity contribution < 1.29 is 0 Å². The molecule has 3 aromatic heterocycles. The van der Waals surface area contributed by atoms with Crippen molar-refractivity contribution in [2.45, 2.75) is 39.7 Å². The summed E-state index contributed by atoms with van der Waals surface area (Å²) in [6.45, 7) is 8.93. The summed E-state index contributed by atoms with van der Waals surface area (Å²) in [6, 6.07) is 4.07. The third kappa shape index (κ3) is 2.37. The predicted molar refractivity (Wildman–Crippen MR) is 82.2 cm³/mol. The molecule has 0 saturated heterocycles. The Hall–Kier alpha value is -2.37. The minimum Gasteiger partial charge on any atom is -0.381 e. The third-order valence-corrected chi connectivity index (χ3v) is 3.51. The van der Waals surface area contributed by atoms with Crippen LogP contribution >= 0.6 is 0 Å². The Bertz CT molecular complexity index is 790. The number of anilines is 1. The van der Waals surface area contributed by atoms with Crippen molar-refractivity contribution in [1.29, 1.82) is 0 Å². The molecule has 0 bridgehead atoms. The lowest BCUT2D eigenvalue weighted by molar-refractivity contribution is 0.500. The number of rotatable bonds is 2. The normalized spacial score (nSPS) is 12.2. The van der Waals surface area contributed by atoms with E-state index in [0.29, 0.717) is 12.4 Å². The van der Waals surface area contributed by atoms with Crippen LogP contribution in [0.1, 0.15) is 37.7 Å². The first-order chi connectivity index (χ1) is 9.86. The Kier molecular flexibility index (Phi) is 2.97. The highest BCUT2D eigenvalue weighted by Crippen LogP contribution is 2.26. The van der Waals surface area contributed by atoms with E-state index in [-0.39, 0.29) is 5.41 Å². The Labute approximate surface area is 123 Å². The van der Waals surface area contributed by atoms with Gasteiger partial charge in [-0.05, 0) is 18.6 Å². The molecule has 0 radical (unpaired) electrons. The molecule has 6 nitrogen and oxygen atoms in total. The number of hydrogen-bond acceptors (Lipinski definition) is 4. The highest BCUT2D eigenvalue weighted by molar-refractivity contribution is 5.48. The predicted octanol–water partition coefficient (Wildman–Crippen LogP) is 2.16. The van der Waals surface area contributed by atoms with Gasteiger partial charge in [-0.15, -0.1) is 5.10 Å². The summed E-state index contributed by atoms with van der Waals surface area (Å²) < 4.78 is 3.87. The molecular weight excluding hydrogens is 264 g/mol. The summed E-state index contributed by atoms with van der Waals surface area (Å²) in [6.07, 6.45) is 4.02. The minimum atomic E-state index is -0.108. The highest BCUT2D eigenvalue weighted by atomic mass is 15.4. The van der Waals surface area contributed by atoms with Crippen LogP contribution in [0.5, 0.6) is 0 Å². The van der Waals surface area contributed by atoms with Gasteiger partial charge >= 0.3 is 0 Å². The maximum absolute atomic E-state index is 5.96. The second kappa shape index (κ2) is 4.58. The van der Waals surface area contributed by atoms with Gasteiger partial charge < -0.3 is 10.1 Å². The average molecular weight is 284 g/mol. The van der Waals surface area contributed by atoms with Crippen molar-refractivity contribution in [1.82, 2.24) is 24.4 Å². The summed E-state index contributed by atoms with van der Waals surface area (Å²) in [5, 5.41) is 8.17. The van der Waals surface area contributed by atoms with Crippen LogP contribution < -0.4 is 5.73 Å². The van der Waals surface area contributed by atoms with Crippen molar-refractivity contribution in [2.75, 3.05) is 5.73 Å². The molecule has 0 spiro atoms. The lowest BCUT2D eigenvalue weighted by Crippen LogP contribution is -2.20. The number of aromatic nitrogens is 5.